The quantitative estimate of drug-likeness (QED) is 0.369. The molecule has 0 aromatic heterocycles. The first-order chi connectivity index (χ1) is 17.0. The van der Waals surface area contributed by atoms with Gasteiger partial charge in [0.15, 0.2) is 0 Å². The minimum Gasteiger partial charge on any atom is -0.507 e. The molecule has 0 radical (unpaired) electrons. The fourth-order valence-corrected chi connectivity index (χ4v) is 5.37. The minimum atomic E-state index is -0.672. The third-order valence-electron chi connectivity index (χ3n) is 7.26. The fraction of sp³-hybridized carbons (Fsp3) is 0.429. The van der Waals surface area contributed by atoms with Gasteiger partial charge in [-0.15, -0.1) is 0 Å². The summed E-state index contributed by atoms with van der Waals surface area (Å²) in [7, 11) is 0. The number of fused-ring (bicyclic) bond motifs is 1. The molecule has 184 valence electrons. The van der Waals surface area contributed by atoms with Gasteiger partial charge in [-0.2, -0.15) is 0 Å². The summed E-state index contributed by atoms with van der Waals surface area (Å²) >= 11 is 0. The van der Waals surface area contributed by atoms with E-state index in [1.165, 1.54) is 0 Å². The number of amides is 1. The highest BCUT2D eigenvalue weighted by atomic mass is 16.5. The standard InChI is InChI=1S/C28H32N2O5/c1-3-29(4-2)21-10-7-18(8-11-21)25-24(26(31)20-9-12-23-19(16-20)13-15-35-23)27(32)28(33)30(25)17-22-6-5-14-34-22/h7-12,16,22,25,31H,3-6,13-15,17H2,1-2H3/b26-24-. The van der Waals surface area contributed by atoms with Crippen LogP contribution in [0.25, 0.3) is 5.76 Å². The Bertz CT molecular complexity index is 1150. The van der Waals surface area contributed by atoms with Crippen LogP contribution < -0.4 is 9.64 Å². The summed E-state index contributed by atoms with van der Waals surface area (Å²) < 4.78 is 11.4. The lowest BCUT2D eigenvalue weighted by molar-refractivity contribution is -0.140. The Hall–Kier alpha value is -3.32. The van der Waals surface area contributed by atoms with Crippen molar-refractivity contribution in [1.29, 1.82) is 0 Å². The lowest BCUT2D eigenvalue weighted by Gasteiger charge is -2.28. The van der Waals surface area contributed by atoms with Gasteiger partial charge in [-0.3, -0.25) is 9.59 Å². The first kappa shape index (κ1) is 23.4. The van der Waals surface area contributed by atoms with Crippen molar-refractivity contribution in [2.24, 2.45) is 0 Å². The summed E-state index contributed by atoms with van der Waals surface area (Å²) in [5, 5.41) is 11.4. The summed E-state index contributed by atoms with van der Waals surface area (Å²) in [6.07, 6.45) is 2.43. The maximum absolute atomic E-state index is 13.3. The fourth-order valence-electron chi connectivity index (χ4n) is 5.37. The number of aliphatic hydroxyl groups is 1. The second-order valence-electron chi connectivity index (χ2n) is 9.27. The van der Waals surface area contributed by atoms with Crippen LogP contribution in [-0.2, 0) is 20.7 Å². The number of anilines is 1. The molecule has 0 spiro atoms. The van der Waals surface area contributed by atoms with Crippen molar-refractivity contribution in [1.82, 2.24) is 4.90 Å². The largest absolute Gasteiger partial charge is 0.507 e. The van der Waals surface area contributed by atoms with E-state index in [4.69, 9.17) is 9.47 Å². The summed E-state index contributed by atoms with van der Waals surface area (Å²) in [6.45, 7) is 7.57. The number of nitrogens with zero attached hydrogens (tertiary/aromatic N) is 2. The Kier molecular flexibility index (Phi) is 6.52. The highest BCUT2D eigenvalue weighted by Gasteiger charge is 2.47. The van der Waals surface area contributed by atoms with Gasteiger partial charge in [0.25, 0.3) is 11.7 Å². The molecule has 0 aliphatic carbocycles. The lowest BCUT2D eigenvalue weighted by Crippen LogP contribution is -2.36. The van der Waals surface area contributed by atoms with Crippen molar-refractivity contribution in [2.75, 3.05) is 37.7 Å². The van der Waals surface area contributed by atoms with Crippen LogP contribution in [0.3, 0.4) is 0 Å². The van der Waals surface area contributed by atoms with Crippen LogP contribution in [0.15, 0.2) is 48.0 Å². The van der Waals surface area contributed by atoms with E-state index < -0.39 is 17.7 Å². The molecule has 2 fully saturated rings. The summed E-state index contributed by atoms with van der Waals surface area (Å²) in [5.74, 6) is -0.603. The average Bonchev–Trinajstić information content (AvgIpc) is 3.62. The van der Waals surface area contributed by atoms with E-state index in [-0.39, 0.29) is 17.4 Å². The molecular weight excluding hydrogens is 444 g/mol. The normalized spacial score (nSPS) is 23.0. The predicted octanol–water partition coefficient (Wildman–Crippen LogP) is 4.07. The highest BCUT2D eigenvalue weighted by molar-refractivity contribution is 6.46. The number of benzene rings is 2. The topological polar surface area (TPSA) is 79.3 Å². The van der Waals surface area contributed by atoms with E-state index in [0.29, 0.717) is 25.3 Å². The van der Waals surface area contributed by atoms with E-state index in [2.05, 4.69) is 18.7 Å². The highest BCUT2D eigenvalue weighted by Crippen LogP contribution is 2.41. The maximum Gasteiger partial charge on any atom is 0.295 e. The Morgan fingerprint density at radius 2 is 1.86 bits per heavy atom. The molecule has 0 saturated carbocycles. The van der Waals surface area contributed by atoms with Gasteiger partial charge < -0.3 is 24.4 Å². The van der Waals surface area contributed by atoms with Crippen LogP contribution in [0.5, 0.6) is 5.75 Å². The van der Waals surface area contributed by atoms with Gasteiger partial charge in [0.05, 0.1) is 24.3 Å². The first-order valence-corrected chi connectivity index (χ1v) is 12.5. The number of carbonyl (C=O) groups is 2. The molecule has 1 amide bonds. The molecule has 0 bridgehead atoms. The zero-order valence-corrected chi connectivity index (χ0v) is 20.3. The Morgan fingerprint density at radius 3 is 2.54 bits per heavy atom. The van der Waals surface area contributed by atoms with Crippen LogP contribution in [0.4, 0.5) is 5.69 Å². The molecule has 7 nitrogen and oxygen atoms in total. The SMILES string of the molecule is CCN(CC)c1ccc(C2/C(=C(/O)c3ccc4c(c3)CCO4)C(=O)C(=O)N2CC2CCCO2)cc1. The smallest absolute Gasteiger partial charge is 0.295 e. The van der Waals surface area contributed by atoms with Crippen molar-refractivity contribution in [3.8, 4) is 5.75 Å². The second-order valence-corrected chi connectivity index (χ2v) is 9.27. The number of hydrogen-bond donors (Lipinski definition) is 1. The number of likely N-dealkylation sites (tertiary alicyclic amines) is 1. The molecular formula is C28H32N2O5. The number of aliphatic hydroxyl groups excluding tert-OH is 1. The van der Waals surface area contributed by atoms with Gasteiger partial charge in [0, 0.05) is 43.9 Å². The van der Waals surface area contributed by atoms with Crippen LogP contribution in [0, 0.1) is 0 Å². The van der Waals surface area contributed by atoms with Crippen LogP contribution in [-0.4, -0.2) is 60.6 Å². The van der Waals surface area contributed by atoms with E-state index in [0.717, 1.165) is 54.9 Å². The monoisotopic (exact) mass is 476 g/mol. The van der Waals surface area contributed by atoms with Crippen molar-refractivity contribution in [3.05, 3.63) is 64.7 Å². The first-order valence-electron chi connectivity index (χ1n) is 12.5. The Labute approximate surface area is 205 Å². The van der Waals surface area contributed by atoms with Crippen molar-refractivity contribution < 1.29 is 24.2 Å². The molecule has 7 heteroatoms. The van der Waals surface area contributed by atoms with Crippen LogP contribution >= 0.6 is 0 Å². The molecule has 2 saturated heterocycles. The van der Waals surface area contributed by atoms with Crippen molar-refractivity contribution in [3.63, 3.8) is 0 Å². The van der Waals surface area contributed by atoms with Gasteiger partial charge in [-0.25, -0.2) is 0 Å². The maximum atomic E-state index is 13.3. The number of hydrogen-bond acceptors (Lipinski definition) is 6. The minimum absolute atomic E-state index is 0.108. The zero-order chi connectivity index (χ0) is 24.5. The van der Waals surface area contributed by atoms with E-state index in [9.17, 15) is 14.7 Å². The third kappa shape index (κ3) is 4.29. The van der Waals surface area contributed by atoms with E-state index in [1.54, 1.807) is 11.0 Å². The van der Waals surface area contributed by atoms with E-state index >= 15 is 0 Å². The molecule has 1 N–H and O–H groups in total. The zero-order valence-electron chi connectivity index (χ0n) is 20.3. The van der Waals surface area contributed by atoms with Crippen LogP contribution in [0.2, 0.25) is 0 Å². The van der Waals surface area contributed by atoms with E-state index in [1.807, 2.05) is 36.4 Å². The molecule has 3 heterocycles. The van der Waals surface area contributed by atoms with Gasteiger partial charge in [-0.05, 0) is 68.1 Å². The Morgan fingerprint density at radius 1 is 1.09 bits per heavy atom. The summed E-state index contributed by atoms with van der Waals surface area (Å²) in [5.41, 5.74) is 3.51. The second kappa shape index (κ2) is 9.74. The number of ketones is 1. The van der Waals surface area contributed by atoms with Crippen molar-refractivity contribution in [2.45, 2.75) is 45.3 Å². The molecule has 2 unspecified atom stereocenters. The molecule has 2 aromatic rings. The van der Waals surface area contributed by atoms with Crippen molar-refractivity contribution >= 4 is 23.1 Å². The van der Waals surface area contributed by atoms with Gasteiger partial charge >= 0.3 is 0 Å². The van der Waals surface area contributed by atoms with Gasteiger partial charge in [0.2, 0.25) is 0 Å². The molecule has 2 atom stereocenters. The Balaban J connectivity index is 1.58. The molecule has 2 aromatic carbocycles. The van der Waals surface area contributed by atoms with Crippen LogP contribution in [0.1, 0.15) is 49.4 Å². The number of rotatable bonds is 7. The average molecular weight is 477 g/mol. The van der Waals surface area contributed by atoms with Gasteiger partial charge in [0.1, 0.15) is 11.5 Å². The predicted molar refractivity (Wildman–Crippen MR) is 134 cm³/mol. The lowest BCUT2D eigenvalue weighted by atomic mass is 9.94. The van der Waals surface area contributed by atoms with Gasteiger partial charge in [-0.1, -0.05) is 12.1 Å². The molecule has 5 rings (SSSR count). The molecule has 3 aliphatic rings. The number of carbonyl (C=O) groups excluding carboxylic acids is 2. The summed E-state index contributed by atoms with van der Waals surface area (Å²) in [6, 6.07) is 12.7. The molecule has 35 heavy (non-hydrogen) atoms. The number of Topliss-reactive ketones (excluding diaryl/α,β-unsaturated/α-hetero) is 1. The number of ether oxygens (including phenoxy) is 2. The third-order valence-corrected chi connectivity index (χ3v) is 7.26. The summed E-state index contributed by atoms with van der Waals surface area (Å²) in [4.78, 5) is 30.3. The molecule has 3 aliphatic heterocycles.